The molecule has 0 radical (unpaired) electrons. The predicted molar refractivity (Wildman–Crippen MR) is 64.8 cm³/mol. The van der Waals surface area contributed by atoms with Crippen LogP contribution in [0.3, 0.4) is 0 Å². The van der Waals surface area contributed by atoms with Gasteiger partial charge in [0.1, 0.15) is 11.6 Å². The van der Waals surface area contributed by atoms with Crippen molar-refractivity contribution in [2.75, 3.05) is 6.54 Å². The van der Waals surface area contributed by atoms with Crippen molar-refractivity contribution in [2.45, 2.75) is 13.1 Å². The van der Waals surface area contributed by atoms with Crippen LogP contribution in [0.15, 0.2) is 22.7 Å². The highest BCUT2D eigenvalue weighted by molar-refractivity contribution is 9.10. The van der Waals surface area contributed by atoms with E-state index in [1.807, 2.05) is 10.6 Å². The quantitative estimate of drug-likeness (QED) is 0.875. The zero-order valence-electron chi connectivity index (χ0n) is 8.95. The molecule has 0 aliphatic carbocycles. The van der Waals surface area contributed by atoms with Gasteiger partial charge in [-0.05, 0) is 34.1 Å². The highest BCUT2D eigenvalue weighted by Gasteiger charge is 2.17. The Kier molecular flexibility index (Phi) is 2.68. The van der Waals surface area contributed by atoms with Gasteiger partial charge in [0.2, 0.25) is 0 Å². The number of benzene rings is 1. The van der Waals surface area contributed by atoms with Crippen molar-refractivity contribution >= 4 is 15.9 Å². The Morgan fingerprint density at radius 2 is 2.24 bits per heavy atom. The van der Waals surface area contributed by atoms with E-state index in [4.69, 9.17) is 0 Å². The van der Waals surface area contributed by atoms with Crippen LogP contribution in [0.4, 0.5) is 4.39 Å². The minimum absolute atomic E-state index is 0.284. The summed E-state index contributed by atoms with van der Waals surface area (Å²) in [5.41, 5.74) is 0.756. The third kappa shape index (κ3) is 1.87. The second kappa shape index (κ2) is 4.19. The van der Waals surface area contributed by atoms with Gasteiger partial charge in [-0.2, -0.15) is 0 Å². The standard InChI is InChI=1S/C11H10BrFN4/c12-8-2-1-7(5-9(8)13)11-16-15-10-6-14-3-4-17(10)11/h1-2,5,14H,3-4,6H2. The Morgan fingerprint density at radius 3 is 3.06 bits per heavy atom. The first-order valence-corrected chi connectivity index (χ1v) is 6.13. The van der Waals surface area contributed by atoms with Crippen molar-refractivity contribution in [3.05, 3.63) is 34.3 Å². The molecule has 1 N–H and O–H groups in total. The van der Waals surface area contributed by atoms with Crippen LogP contribution in [0, 0.1) is 5.82 Å². The molecule has 6 heteroatoms. The maximum atomic E-state index is 13.5. The van der Waals surface area contributed by atoms with Crippen LogP contribution in [0.25, 0.3) is 11.4 Å². The summed E-state index contributed by atoms with van der Waals surface area (Å²) in [6.45, 7) is 2.42. The lowest BCUT2D eigenvalue weighted by Crippen LogP contribution is -2.28. The van der Waals surface area contributed by atoms with E-state index in [1.54, 1.807) is 6.07 Å². The molecular weight excluding hydrogens is 287 g/mol. The van der Waals surface area contributed by atoms with Crippen molar-refractivity contribution in [1.82, 2.24) is 20.1 Å². The summed E-state index contributed by atoms with van der Waals surface area (Å²) in [5, 5.41) is 11.5. The summed E-state index contributed by atoms with van der Waals surface area (Å²) >= 11 is 3.14. The SMILES string of the molecule is Fc1cc(-c2nnc3n2CCNC3)ccc1Br. The largest absolute Gasteiger partial charge is 0.309 e. The number of halogens is 2. The van der Waals surface area contributed by atoms with Crippen molar-refractivity contribution in [3.63, 3.8) is 0 Å². The minimum Gasteiger partial charge on any atom is -0.309 e. The molecule has 0 unspecified atom stereocenters. The molecule has 0 atom stereocenters. The Labute approximate surface area is 106 Å². The van der Waals surface area contributed by atoms with Gasteiger partial charge in [0.15, 0.2) is 5.82 Å². The normalized spacial score (nSPS) is 14.7. The van der Waals surface area contributed by atoms with Gasteiger partial charge < -0.3 is 9.88 Å². The molecule has 1 aromatic carbocycles. The Balaban J connectivity index is 2.09. The summed E-state index contributed by atoms with van der Waals surface area (Å²) in [6, 6.07) is 5.00. The number of hydrogen-bond acceptors (Lipinski definition) is 3. The monoisotopic (exact) mass is 296 g/mol. The van der Waals surface area contributed by atoms with Gasteiger partial charge >= 0.3 is 0 Å². The topological polar surface area (TPSA) is 42.7 Å². The molecule has 1 aromatic heterocycles. The molecule has 0 fully saturated rings. The molecule has 1 aliphatic rings. The average Bonchev–Trinajstić information content (AvgIpc) is 2.76. The zero-order chi connectivity index (χ0) is 11.8. The lowest BCUT2D eigenvalue weighted by molar-refractivity contribution is 0.508. The summed E-state index contributed by atoms with van der Waals surface area (Å²) in [6.07, 6.45) is 0. The van der Waals surface area contributed by atoms with Crippen molar-refractivity contribution in [1.29, 1.82) is 0 Å². The van der Waals surface area contributed by atoms with E-state index < -0.39 is 0 Å². The molecule has 17 heavy (non-hydrogen) atoms. The molecule has 3 rings (SSSR count). The van der Waals surface area contributed by atoms with Crippen LogP contribution in [-0.4, -0.2) is 21.3 Å². The fourth-order valence-electron chi connectivity index (χ4n) is 1.94. The van der Waals surface area contributed by atoms with Gasteiger partial charge in [-0.3, -0.25) is 0 Å². The van der Waals surface area contributed by atoms with E-state index >= 15 is 0 Å². The van der Waals surface area contributed by atoms with Crippen LogP contribution in [0.1, 0.15) is 5.82 Å². The van der Waals surface area contributed by atoms with Crippen LogP contribution in [0.2, 0.25) is 0 Å². The first kappa shape index (κ1) is 10.9. The Morgan fingerprint density at radius 1 is 1.35 bits per heavy atom. The first-order valence-electron chi connectivity index (χ1n) is 5.34. The molecule has 4 nitrogen and oxygen atoms in total. The Hall–Kier alpha value is -1.27. The number of aromatic nitrogens is 3. The van der Waals surface area contributed by atoms with Gasteiger partial charge in [-0.25, -0.2) is 4.39 Å². The maximum absolute atomic E-state index is 13.5. The van der Waals surface area contributed by atoms with E-state index in [0.29, 0.717) is 11.0 Å². The molecule has 0 saturated carbocycles. The van der Waals surface area contributed by atoms with Gasteiger partial charge in [0.25, 0.3) is 0 Å². The molecular formula is C11H10BrFN4. The number of fused-ring (bicyclic) bond motifs is 1. The molecule has 0 spiro atoms. The summed E-state index contributed by atoms with van der Waals surface area (Å²) in [7, 11) is 0. The second-order valence-electron chi connectivity index (χ2n) is 3.90. The highest BCUT2D eigenvalue weighted by Crippen LogP contribution is 2.24. The van der Waals surface area contributed by atoms with E-state index in [-0.39, 0.29) is 5.82 Å². The van der Waals surface area contributed by atoms with Crippen molar-refractivity contribution in [2.24, 2.45) is 0 Å². The fourth-order valence-corrected chi connectivity index (χ4v) is 2.19. The third-order valence-corrected chi connectivity index (χ3v) is 3.44. The molecule has 0 amide bonds. The van der Waals surface area contributed by atoms with Crippen LogP contribution >= 0.6 is 15.9 Å². The van der Waals surface area contributed by atoms with E-state index in [0.717, 1.165) is 30.3 Å². The summed E-state index contributed by atoms with van der Waals surface area (Å²) < 4.78 is 16.0. The van der Waals surface area contributed by atoms with Gasteiger partial charge in [0.05, 0.1) is 11.0 Å². The van der Waals surface area contributed by atoms with Crippen LogP contribution < -0.4 is 5.32 Å². The lowest BCUT2D eigenvalue weighted by Gasteiger charge is -2.16. The van der Waals surface area contributed by atoms with E-state index in [9.17, 15) is 4.39 Å². The molecule has 2 aromatic rings. The van der Waals surface area contributed by atoms with Crippen molar-refractivity contribution in [3.8, 4) is 11.4 Å². The summed E-state index contributed by atoms with van der Waals surface area (Å²) in [4.78, 5) is 0. The van der Waals surface area contributed by atoms with Gasteiger partial charge in [-0.15, -0.1) is 10.2 Å². The smallest absolute Gasteiger partial charge is 0.164 e. The number of rotatable bonds is 1. The minimum atomic E-state index is -0.284. The number of nitrogens with zero attached hydrogens (tertiary/aromatic N) is 3. The van der Waals surface area contributed by atoms with Crippen LogP contribution in [0.5, 0.6) is 0 Å². The lowest BCUT2D eigenvalue weighted by atomic mass is 10.2. The number of nitrogens with one attached hydrogen (secondary N) is 1. The van der Waals surface area contributed by atoms with Gasteiger partial charge in [-0.1, -0.05) is 0 Å². The Bertz CT molecular complexity index is 567. The fraction of sp³-hybridized carbons (Fsp3) is 0.273. The molecule has 0 saturated heterocycles. The second-order valence-corrected chi connectivity index (χ2v) is 4.75. The average molecular weight is 297 g/mol. The molecule has 2 heterocycles. The molecule has 0 bridgehead atoms. The van der Waals surface area contributed by atoms with E-state index in [2.05, 4.69) is 31.4 Å². The van der Waals surface area contributed by atoms with Gasteiger partial charge in [0, 0.05) is 18.7 Å². The molecule has 88 valence electrons. The van der Waals surface area contributed by atoms with Crippen LogP contribution in [-0.2, 0) is 13.1 Å². The van der Waals surface area contributed by atoms with Crippen molar-refractivity contribution < 1.29 is 4.39 Å². The molecule has 1 aliphatic heterocycles. The summed E-state index contributed by atoms with van der Waals surface area (Å²) in [5.74, 6) is 1.34. The zero-order valence-corrected chi connectivity index (χ0v) is 10.5. The maximum Gasteiger partial charge on any atom is 0.164 e. The number of hydrogen-bond donors (Lipinski definition) is 1. The third-order valence-electron chi connectivity index (χ3n) is 2.80. The highest BCUT2D eigenvalue weighted by atomic mass is 79.9. The first-order chi connectivity index (χ1) is 8.25. The van der Waals surface area contributed by atoms with E-state index in [1.165, 1.54) is 6.07 Å². The predicted octanol–water partition coefficient (Wildman–Crippen LogP) is 1.95.